The smallest absolute Gasteiger partial charge is 0.129 e. The van der Waals surface area contributed by atoms with E-state index in [1.165, 1.54) is 16.5 Å². The number of nitrogens with zero attached hydrogens (tertiary/aromatic N) is 1. The van der Waals surface area contributed by atoms with Gasteiger partial charge in [0.25, 0.3) is 0 Å². The molecule has 1 aromatic heterocycles. The third-order valence-electron chi connectivity index (χ3n) is 6.00. The summed E-state index contributed by atoms with van der Waals surface area (Å²) >= 11 is 0. The minimum Gasteiger partial charge on any atom is -0.485 e. The Hall–Kier alpha value is -3.91. The quantitative estimate of drug-likeness (QED) is 0.319. The Morgan fingerprint density at radius 2 is 1.29 bits per heavy atom. The zero-order valence-corrected chi connectivity index (χ0v) is 17.0. The molecule has 1 unspecified atom stereocenters. The van der Waals surface area contributed by atoms with Crippen LogP contribution >= 0.6 is 0 Å². The molecule has 6 rings (SSSR count). The zero-order chi connectivity index (χ0) is 20.6. The summed E-state index contributed by atoms with van der Waals surface area (Å²) in [7, 11) is 0. The van der Waals surface area contributed by atoms with Crippen LogP contribution in [0.4, 0.5) is 0 Å². The maximum Gasteiger partial charge on any atom is 0.129 e. The molecule has 0 amide bonds. The summed E-state index contributed by atoms with van der Waals surface area (Å²) in [6.07, 6.45) is 0.727. The van der Waals surface area contributed by atoms with Gasteiger partial charge >= 0.3 is 0 Å². The van der Waals surface area contributed by atoms with E-state index in [0.717, 1.165) is 40.1 Å². The monoisotopic (exact) mass is 399 g/mol. The molecule has 0 radical (unpaired) electrons. The first-order valence-electron chi connectivity index (χ1n) is 10.7. The molecular weight excluding hydrogens is 378 g/mol. The first kappa shape index (κ1) is 17.9. The van der Waals surface area contributed by atoms with Crippen LogP contribution in [0.5, 0.6) is 5.75 Å². The topological polar surface area (TPSA) is 22.1 Å². The largest absolute Gasteiger partial charge is 0.485 e. The number of pyridine rings is 1. The lowest BCUT2D eigenvalue weighted by Gasteiger charge is -2.28. The average Bonchev–Trinajstić information content (AvgIpc) is 2.85. The Morgan fingerprint density at radius 1 is 0.645 bits per heavy atom. The summed E-state index contributed by atoms with van der Waals surface area (Å²) in [5.74, 6) is 0.914. The van der Waals surface area contributed by atoms with Gasteiger partial charge in [-0.2, -0.15) is 0 Å². The van der Waals surface area contributed by atoms with Crippen LogP contribution in [0.25, 0.3) is 33.2 Å². The van der Waals surface area contributed by atoms with Crippen molar-refractivity contribution in [1.29, 1.82) is 0 Å². The molecule has 0 N–H and O–H groups in total. The number of rotatable bonds is 3. The van der Waals surface area contributed by atoms with E-state index in [2.05, 4.69) is 97.1 Å². The van der Waals surface area contributed by atoms with Gasteiger partial charge in [0.1, 0.15) is 11.9 Å². The first-order chi connectivity index (χ1) is 15.4. The number of benzene rings is 4. The maximum absolute atomic E-state index is 6.49. The van der Waals surface area contributed by atoms with Crippen LogP contribution in [0, 0.1) is 0 Å². The van der Waals surface area contributed by atoms with Crippen LogP contribution in [0.3, 0.4) is 0 Å². The molecule has 1 aliphatic rings. The van der Waals surface area contributed by atoms with E-state index in [4.69, 9.17) is 9.72 Å². The van der Waals surface area contributed by atoms with E-state index < -0.39 is 0 Å². The molecule has 1 aliphatic heterocycles. The summed E-state index contributed by atoms with van der Waals surface area (Å²) in [6.45, 7) is 0. The van der Waals surface area contributed by atoms with E-state index in [-0.39, 0.29) is 6.10 Å². The molecule has 0 bridgehead atoms. The van der Waals surface area contributed by atoms with Crippen molar-refractivity contribution < 1.29 is 4.74 Å². The SMILES string of the molecule is c1ccc(-c2nc3c4c(cccc4c2-c2ccccc2)OC(c2ccccc2)C3)cc1. The molecule has 0 spiro atoms. The van der Waals surface area contributed by atoms with E-state index in [1.807, 2.05) is 12.1 Å². The number of ether oxygens (including phenoxy) is 1. The van der Waals surface area contributed by atoms with Gasteiger partial charge in [-0.15, -0.1) is 0 Å². The predicted octanol–water partition coefficient (Wildman–Crippen LogP) is 7.25. The van der Waals surface area contributed by atoms with Crippen molar-refractivity contribution in [2.75, 3.05) is 0 Å². The third-order valence-corrected chi connectivity index (χ3v) is 6.00. The van der Waals surface area contributed by atoms with Crippen molar-refractivity contribution >= 4 is 10.8 Å². The van der Waals surface area contributed by atoms with Crippen molar-refractivity contribution in [3.8, 4) is 28.1 Å². The molecule has 2 nitrogen and oxygen atoms in total. The molecule has 2 heteroatoms. The summed E-state index contributed by atoms with van der Waals surface area (Å²) < 4.78 is 6.49. The van der Waals surface area contributed by atoms with Gasteiger partial charge in [0, 0.05) is 22.9 Å². The molecular formula is C29H21NO. The van der Waals surface area contributed by atoms with Gasteiger partial charge in [-0.3, -0.25) is 4.98 Å². The second-order valence-electron chi connectivity index (χ2n) is 7.91. The van der Waals surface area contributed by atoms with E-state index >= 15 is 0 Å². The van der Waals surface area contributed by atoms with E-state index in [1.54, 1.807) is 0 Å². The number of hydrogen-bond acceptors (Lipinski definition) is 2. The Bertz CT molecular complexity index is 1360. The van der Waals surface area contributed by atoms with Crippen LogP contribution in [0.15, 0.2) is 109 Å². The lowest BCUT2D eigenvalue weighted by molar-refractivity contribution is 0.200. The van der Waals surface area contributed by atoms with Gasteiger partial charge in [0.2, 0.25) is 0 Å². The molecule has 5 aromatic rings. The minimum atomic E-state index is -0.0296. The third kappa shape index (κ3) is 3.08. The van der Waals surface area contributed by atoms with Gasteiger partial charge < -0.3 is 4.74 Å². The summed E-state index contributed by atoms with van der Waals surface area (Å²) in [6, 6.07) is 37.8. The maximum atomic E-state index is 6.49. The second kappa shape index (κ2) is 7.41. The van der Waals surface area contributed by atoms with Crippen LogP contribution < -0.4 is 4.74 Å². The molecule has 0 aliphatic carbocycles. The highest BCUT2D eigenvalue weighted by Crippen LogP contribution is 2.45. The lowest BCUT2D eigenvalue weighted by Crippen LogP contribution is -2.17. The zero-order valence-electron chi connectivity index (χ0n) is 17.0. The highest BCUT2D eigenvalue weighted by atomic mass is 16.5. The van der Waals surface area contributed by atoms with Crippen molar-refractivity contribution in [2.45, 2.75) is 12.5 Å². The Balaban J connectivity index is 1.63. The summed E-state index contributed by atoms with van der Waals surface area (Å²) in [4.78, 5) is 5.27. The fourth-order valence-electron chi connectivity index (χ4n) is 4.58. The van der Waals surface area contributed by atoms with Crippen LogP contribution in [0.1, 0.15) is 17.4 Å². The van der Waals surface area contributed by atoms with Crippen LogP contribution in [-0.4, -0.2) is 4.98 Å². The van der Waals surface area contributed by atoms with Gasteiger partial charge in [-0.05, 0) is 22.6 Å². The van der Waals surface area contributed by atoms with E-state index in [9.17, 15) is 0 Å². The molecule has 0 saturated carbocycles. The van der Waals surface area contributed by atoms with Crippen molar-refractivity contribution in [3.63, 3.8) is 0 Å². The van der Waals surface area contributed by atoms with Crippen molar-refractivity contribution in [2.24, 2.45) is 0 Å². The van der Waals surface area contributed by atoms with Crippen LogP contribution in [-0.2, 0) is 6.42 Å². The molecule has 4 aromatic carbocycles. The Morgan fingerprint density at radius 3 is 2.00 bits per heavy atom. The first-order valence-corrected chi connectivity index (χ1v) is 10.7. The Kier molecular flexibility index (Phi) is 4.28. The fraction of sp³-hybridized carbons (Fsp3) is 0.0690. The highest BCUT2D eigenvalue weighted by Gasteiger charge is 2.27. The van der Waals surface area contributed by atoms with Gasteiger partial charge in [0.05, 0.1) is 11.4 Å². The highest BCUT2D eigenvalue weighted by molar-refractivity contribution is 6.06. The van der Waals surface area contributed by atoms with Gasteiger partial charge in [-0.1, -0.05) is 103 Å². The van der Waals surface area contributed by atoms with Crippen molar-refractivity contribution in [1.82, 2.24) is 4.98 Å². The summed E-state index contributed by atoms with van der Waals surface area (Å²) in [5.41, 5.74) is 6.77. The van der Waals surface area contributed by atoms with Gasteiger partial charge in [-0.25, -0.2) is 0 Å². The predicted molar refractivity (Wildman–Crippen MR) is 126 cm³/mol. The van der Waals surface area contributed by atoms with E-state index in [0.29, 0.717) is 0 Å². The normalized spacial score (nSPS) is 14.9. The van der Waals surface area contributed by atoms with Gasteiger partial charge in [0.15, 0.2) is 0 Å². The fourth-order valence-corrected chi connectivity index (χ4v) is 4.58. The minimum absolute atomic E-state index is 0.0296. The molecule has 0 saturated heterocycles. The number of aromatic nitrogens is 1. The van der Waals surface area contributed by atoms with Crippen molar-refractivity contribution in [3.05, 3.63) is 120 Å². The standard InChI is InChI=1S/C29H21NO/c1-4-11-20(12-5-1)26-19-24-28-23(17-10-18-25(28)31-26)27(21-13-6-2-7-14-21)29(30-24)22-15-8-3-9-16-22/h1-18,26H,19H2. The molecule has 0 fully saturated rings. The Labute approximate surface area is 181 Å². The molecule has 1 atom stereocenters. The molecule has 148 valence electrons. The molecule has 2 heterocycles. The number of hydrogen-bond donors (Lipinski definition) is 0. The van der Waals surface area contributed by atoms with Crippen LogP contribution in [0.2, 0.25) is 0 Å². The average molecular weight is 399 g/mol. The lowest BCUT2D eigenvalue weighted by atomic mass is 9.90. The molecule has 31 heavy (non-hydrogen) atoms. The summed E-state index contributed by atoms with van der Waals surface area (Å²) in [5, 5.41) is 2.33. The second-order valence-corrected chi connectivity index (χ2v) is 7.91.